The van der Waals surface area contributed by atoms with Crippen molar-refractivity contribution in [1.82, 2.24) is 0 Å². The van der Waals surface area contributed by atoms with Gasteiger partial charge in [-0.15, -0.1) is 0 Å². The van der Waals surface area contributed by atoms with E-state index in [1.54, 1.807) is 12.1 Å². The Morgan fingerprint density at radius 3 is 2.50 bits per heavy atom. The van der Waals surface area contributed by atoms with E-state index in [2.05, 4.69) is 16.3 Å². The molecule has 2 aromatic carbocycles. The average molecular weight is 354 g/mol. The van der Waals surface area contributed by atoms with Crippen LogP contribution < -0.4 is 10.2 Å². The number of benzene rings is 2. The summed E-state index contributed by atoms with van der Waals surface area (Å²) in [6, 6.07) is 12.1. The molecule has 1 N–H and O–H groups in total. The van der Waals surface area contributed by atoms with E-state index < -0.39 is 0 Å². The summed E-state index contributed by atoms with van der Waals surface area (Å²) in [5, 5.41) is 2.92. The molecule has 5 heteroatoms. The quantitative estimate of drug-likeness (QED) is 0.844. The van der Waals surface area contributed by atoms with Gasteiger partial charge in [0.15, 0.2) is 0 Å². The number of hydrogen-bond acceptors (Lipinski definition) is 3. The van der Waals surface area contributed by atoms with Gasteiger partial charge in [-0.2, -0.15) is 0 Å². The number of carbonyl (C=O) groups is 1. The molecule has 3 rings (SSSR count). The van der Waals surface area contributed by atoms with E-state index in [9.17, 15) is 9.18 Å². The number of rotatable bonds is 4. The second kappa shape index (κ2) is 8.15. The summed E-state index contributed by atoms with van der Waals surface area (Å²) >= 11 is 0. The lowest BCUT2D eigenvalue weighted by Gasteiger charge is -2.29. The van der Waals surface area contributed by atoms with Crippen molar-refractivity contribution in [1.29, 1.82) is 0 Å². The molecule has 1 heterocycles. The molecule has 26 heavy (non-hydrogen) atoms. The maximum absolute atomic E-state index is 13.0. The largest absolute Gasteiger partial charge is 0.378 e. The van der Waals surface area contributed by atoms with Crippen molar-refractivity contribution in [2.24, 2.45) is 0 Å². The zero-order valence-electron chi connectivity index (χ0n) is 15.1. The second-order valence-corrected chi connectivity index (χ2v) is 6.42. The highest BCUT2D eigenvalue weighted by atomic mass is 19.1. The number of hydrogen-bond donors (Lipinski definition) is 1. The van der Waals surface area contributed by atoms with Gasteiger partial charge in [0, 0.05) is 30.5 Å². The van der Waals surface area contributed by atoms with Crippen molar-refractivity contribution in [3.8, 4) is 0 Å². The van der Waals surface area contributed by atoms with Gasteiger partial charge in [0.2, 0.25) is 5.91 Å². The van der Waals surface area contributed by atoms with Crippen LogP contribution in [0.2, 0.25) is 0 Å². The van der Waals surface area contributed by atoms with Gasteiger partial charge in [-0.1, -0.05) is 12.1 Å². The van der Waals surface area contributed by atoms with Gasteiger partial charge in [-0.05, 0) is 60.9 Å². The van der Waals surface area contributed by atoms with Crippen LogP contribution in [0.25, 0.3) is 5.57 Å². The molecule has 1 aliphatic rings. The van der Waals surface area contributed by atoms with E-state index >= 15 is 0 Å². The topological polar surface area (TPSA) is 41.6 Å². The summed E-state index contributed by atoms with van der Waals surface area (Å²) in [5.41, 5.74) is 4.54. The van der Waals surface area contributed by atoms with E-state index in [1.807, 2.05) is 26.0 Å². The number of ether oxygens (including phenoxy) is 1. The SMILES string of the molecule is C/C(=C\C(=O)Nc1ccc(N2CCOCC2)cc1C)c1ccc(F)cc1. The van der Waals surface area contributed by atoms with Crippen molar-refractivity contribution < 1.29 is 13.9 Å². The first-order chi connectivity index (χ1) is 12.5. The van der Waals surface area contributed by atoms with Gasteiger partial charge in [-0.3, -0.25) is 4.79 Å². The Labute approximate surface area is 153 Å². The number of halogens is 1. The summed E-state index contributed by atoms with van der Waals surface area (Å²) in [5.74, 6) is -0.490. The van der Waals surface area contributed by atoms with E-state index in [1.165, 1.54) is 18.2 Å². The molecule has 1 aliphatic heterocycles. The Bertz CT molecular complexity index is 809. The standard InChI is InChI=1S/C21H23FN2O2/c1-15(17-3-5-18(22)6-4-17)14-21(25)23-20-8-7-19(13-16(20)2)24-9-11-26-12-10-24/h3-8,13-14H,9-12H2,1-2H3,(H,23,25)/b15-14+. The summed E-state index contributed by atoms with van der Waals surface area (Å²) in [7, 11) is 0. The van der Waals surface area contributed by atoms with Crippen molar-refractivity contribution in [2.75, 3.05) is 36.5 Å². The van der Waals surface area contributed by atoms with Crippen molar-refractivity contribution in [3.63, 3.8) is 0 Å². The molecule has 136 valence electrons. The first-order valence-corrected chi connectivity index (χ1v) is 8.71. The minimum absolute atomic E-state index is 0.200. The van der Waals surface area contributed by atoms with Crippen LogP contribution in [-0.2, 0) is 9.53 Å². The number of aryl methyl sites for hydroxylation is 1. The van der Waals surface area contributed by atoms with Crippen molar-refractivity contribution >= 4 is 22.9 Å². The van der Waals surface area contributed by atoms with Crippen LogP contribution in [0.15, 0.2) is 48.5 Å². The number of nitrogens with one attached hydrogen (secondary N) is 1. The van der Waals surface area contributed by atoms with Crippen molar-refractivity contribution in [3.05, 3.63) is 65.5 Å². The zero-order chi connectivity index (χ0) is 18.5. The molecule has 0 unspecified atom stereocenters. The van der Waals surface area contributed by atoms with Crippen LogP contribution in [0.1, 0.15) is 18.1 Å². The first-order valence-electron chi connectivity index (χ1n) is 8.71. The molecule has 4 nitrogen and oxygen atoms in total. The maximum Gasteiger partial charge on any atom is 0.248 e. The third-order valence-corrected chi connectivity index (χ3v) is 4.49. The Morgan fingerprint density at radius 1 is 1.15 bits per heavy atom. The van der Waals surface area contributed by atoms with Crippen LogP contribution in [0, 0.1) is 12.7 Å². The molecular weight excluding hydrogens is 331 g/mol. The number of amides is 1. The molecule has 0 saturated carbocycles. The van der Waals surface area contributed by atoms with Crippen LogP contribution in [0.5, 0.6) is 0 Å². The molecule has 0 aliphatic carbocycles. The third-order valence-electron chi connectivity index (χ3n) is 4.49. The summed E-state index contributed by atoms with van der Waals surface area (Å²) in [4.78, 5) is 14.6. The number of allylic oxidation sites excluding steroid dienone is 1. The highest BCUT2D eigenvalue weighted by molar-refractivity contribution is 6.04. The molecular formula is C21H23FN2O2. The number of morpholine rings is 1. The predicted molar refractivity (Wildman–Crippen MR) is 103 cm³/mol. The van der Waals surface area contributed by atoms with Crippen LogP contribution in [0.4, 0.5) is 15.8 Å². The van der Waals surface area contributed by atoms with Gasteiger partial charge < -0.3 is 15.0 Å². The minimum atomic E-state index is -0.290. The fraction of sp³-hybridized carbons (Fsp3) is 0.286. The lowest BCUT2D eigenvalue weighted by atomic mass is 10.1. The average Bonchev–Trinajstić information content (AvgIpc) is 2.64. The zero-order valence-corrected chi connectivity index (χ0v) is 15.1. The number of carbonyl (C=O) groups excluding carboxylic acids is 1. The van der Waals surface area contributed by atoms with Gasteiger partial charge in [0.1, 0.15) is 5.82 Å². The maximum atomic E-state index is 13.0. The summed E-state index contributed by atoms with van der Waals surface area (Å²) in [6.45, 7) is 7.06. The molecule has 0 aromatic heterocycles. The van der Waals surface area contributed by atoms with Gasteiger partial charge in [0.05, 0.1) is 13.2 Å². The molecule has 1 fully saturated rings. The molecule has 0 bridgehead atoms. The van der Waals surface area contributed by atoms with E-state index in [0.717, 1.165) is 54.4 Å². The van der Waals surface area contributed by atoms with Crippen molar-refractivity contribution in [2.45, 2.75) is 13.8 Å². The highest BCUT2D eigenvalue weighted by Gasteiger charge is 2.12. The fourth-order valence-electron chi connectivity index (χ4n) is 2.97. The fourth-order valence-corrected chi connectivity index (χ4v) is 2.97. The van der Waals surface area contributed by atoms with Crippen LogP contribution >= 0.6 is 0 Å². The van der Waals surface area contributed by atoms with E-state index in [-0.39, 0.29) is 11.7 Å². The highest BCUT2D eigenvalue weighted by Crippen LogP contribution is 2.24. The van der Waals surface area contributed by atoms with Gasteiger partial charge in [-0.25, -0.2) is 4.39 Å². The monoisotopic (exact) mass is 354 g/mol. The molecule has 1 amide bonds. The predicted octanol–water partition coefficient (Wildman–Crippen LogP) is 4.01. The smallest absolute Gasteiger partial charge is 0.248 e. The normalized spacial score (nSPS) is 15.0. The molecule has 0 atom stereocenters. The van der Waals surface area contributed by atoms with Gasteiger partial charge >= 0.3 is 0 Å². The lowest BCUT2D eigenvalue weighted by Crippen LogP contribution is -2.36. The molecule has 0 spiro atoms. The van der Waals surface area contributed by atoms with E-state index in [4.69, 9.17) is 4.74 Å². The molecule has 1 saturated heterocycles. The van der Waals surface area contributed by atoms with Crippen LogP contribution in [-0.4, -0.2) is 32.2 Å². The Kier molecular flexibility index (Phi) is 5.68. The Hall–Kier alpha value is -2.66. The Balaban J connectivity index is 1.68. The third kappa shape index (κ3) is 4.49. The lowest BCUT2D eigenvalue weighted by molar-refractivity contribution is -0.111. The van der Waals surface area contributed by atoms with E-state index in [0.29, 0.717) is 0 Å². The number of nitrogens with zero attached hydrogens (tertiary/aromatic N) is 1. The molecule has 2 aromatic rings. The Morgan fingerprint density at radius 2 is 1.85 bits per heavy atom. The first kappa shape index (κ1) is 18.1. The summed E-state index contributed by atoms with van der Waals surface area (Å²) in [6.07, 6.45) is 1.53. The number of anilines is 2. The minimum Gasteiger partial charge on any atom is -0.378 e. The summed E-state index contributed by atoms with van der Waals surface area (Å²) < 4.78 is 18.4. The second-order valence-electron chi connectivity index (χ2n) is 6.42. The molecule has 0 radical (unpaired) electrons. The van der Waals surface area contributed by atoms with Crippen LogP contribution in [0.3, 0.4) is 0 Å². The van der Waals surface area contributed by atoms with Gasteiger partial charge in [0.25, 0.3) is 0 Å².